The van der Waals surface area contributed by atoms with E-state index in [1.807, 2.05) is 25.1 Å². The first-order valence-electron chi connectivity index (χ1n) is 8.68. The Hall–Kier alpha value is -2.44. The Morgan fingerprint density at radius 3 is 2.50 bits per heavy atom. The minimum Gasteiger partial charge on any atom is -0.368 e. The van der Waals surface area contributed by atoms with Gasteiger partial charge in [-0.25, -0.2) is 0 Å². The number of hydrogen-bond donors (Lipinski definition) is 1. The van der Waals surface area contributed by atoms with Gasteiger partial charge in [0.1, 0.15) is 0 Å². The molecule has 0 saturated carbocycles. The first kappa shape index (κ1) is 17.0. The predicted octanol–water partition coefficient (Wildman–Crippen LogP) is 2.57. The molecular formula is C20H21N3O2S. The number of anilines is 1. The summed E-state index contributed by atoms with van der Waals surface area (Å²) in [5, 5.41) is 1.44. The zero-order chi connectivity index (χ0) is 18.4. The normalized spacial score (nSPS) is 15.7. The summed E-state index contributed by atoms with van der Waals surface area (Å²) in [6.45, 7) is 5.48. The van der Waals surface area contributed by atoms with Crippen LogP contribution >= 0.6 is 11.3 Å². The molecule has 0 unspecified atom stereocenters. The molecule has 3 aromatic rings. The predicted molar refractivity (Wildman–Crippen MR) is 109 cm³/mol. The van der Waals surface area contributed by atoms with Crippen LogP contribution in [-0.4, -0.2) is 44.0 Å². The van der Waals surface area contributed by atoms with E-state index in [9.17, 15) is 9.59 Å². The van der Waals surface area contributed by atoms with Gasteiger partial charge in [-0.1, -0.05) is 11.6 Å². The van der Waals surface area contributed by atoms with Crippen molar-refractivity contribution in [3.63, 3.8) is 0 Å². The third-order valence-electron chi connectivity index (χ3n) is 5.04. The number of hydrogen-bond acceptors (Lipinski definition) is 5. The maximum atomic E-state index is 13.3. The molecule has 2 N–H and O–H groups in total. The molecule has 6 heteroatoms. The van der Waals surface area contributed by atoms with Crippen LogP contribution in [0.5, 0.6) is 0 Å². The maximum absolute atomic E-state index is 13.3. The van der Waals surface area contributed by atoms with Gasteiger partial charge in [-0.2, -0.15) is 0 Å². The number of rotatable bonds is 2. The number of carbonyl (C=O) groups excluding carboxylic acids is 1. The van der Waals surface area contributed by atoms with E-state index in [1.165, 1.54) is 11.3 Å². The number of piperazine rings is 1. The monoisotopic (exact) mass is 367 g/mol. The van der Waals surface area contributed by atoms with Gasteiger partial charge in [0.05, 0.1) is 11.1 Å². The summed E-state index contributed by atoms with van der Waals surface area (Å²) in [7, 11) is 2.09. The standard InChI is InChI=1S/C20H21N3O2S/c1-12-3-4-16-14(9-12)19(24)18-15(23-7-5-22(2)6-8-23)10-13(20(21)25)11-17(18)26-16/h3-4,9-11H,5-8H2,1-2H3,(H2,21,25). The van der Waals surface area contributed by atoms with Crippen LogP contribution in [0.2, 0.25) is 0 Å². The van der Waals surface area contributed by atoms with Crippen LogP contribution < -0.4 is 16.1 Å². The van der Waals surface area contributed by atoms with E-state index >= 15 is 0 Å². The van der Waals surface area contributed by atoms with Gasteiger partial charge >= 0.3 is 0 Å². The highest BCUT2D eigenvalue weighted by molar-refractivity contribution is 7.24. The smallest absolute Gasteiger partial charge is 0.248 e. The number of nitrogens with two attached hydrogens (primary N) is 1. The van der Waals surface area contributed by atoms with E-state index in [0.717, 1.165) is 52.2 Å². The fourth-order valence-corrected chi connectivity index (χ4v) is 4.63. The van der Waals surface area contributed by atoms with Gasteiger partial charge in [-0.05, 0) is 38.2 Å². The summed E-state index contributed by atoms with van der Waals surface area (Å²) in [5.74, 6) is -0.467. The van der Waals surface area contributed by atoms with Gasteiger partial charge < -0.3 is 15.5 Å². The highest BCUT2D eigenvalue weighted by Crippen LogP contribution is 2.33. The maximum Gasteiger partial charge on any atom is 0.248 e. The van der Waals surface area contributed by atoms with Crippen molar-refractivity contribution >= 4 is 43.1 Å². The van der Waals surface area contributed by atoms with E-state index in [4.69, 9.17) is 5.73 Å². The Bertz CT molecular complexity index is 1080. The van der Waals surface area contributed by atoms with E-state index in [2.05, 4.69) is 16.8 Å². The van der Waals surface area contributed by atoms with Crippen molar-refractivity contribution in [3.8, 4) is 0 Å². The third kappa shape index (κ3) is 2.85. The summed E-state index contributed by atoms with van der Waals surface area (Å²) in [4.78, 5) is 29.6. The minimum atomic E-state index is -0.467. The molecule has 134 valence electrons. The lowest BCUT2D eigenvalue weighted by Crippen LogP contribution is -2.44. The SMILES string of the molecule is Cc1ccc2sc3cc(C(N)=O)cc(N4CCN(C)CC4)c3c(=O)c2c1. The van der Waals surface area contributed by atoms with Crippen molar-refractivity contribution in [1.82, 2.24) is 4.90 Å². The largest absolute Gasteiger partial charge is 0.368 e. The van der Waals surface area contributed by atoms with Gasteiger partial charge in [0.25, 0.3) is 0 Å². The quantitative estimate of drug-likeness (QED) is 0.707. The molecule has 0 radical (unpaired) electrons. The van der Waals surface area contributed by atoms with Crippen molar-refractivity contribution in [2.24, 2.45) is 5.73 Å². The third-order valence-corrected chi connectivity index (χ3v) is 6.15. The molecule has 0 atom stereocenters. The lowest BCUT2D eigenvalue weighted by molar-refractivity contribution is 0.100. The number of benzene rings is 2. The Balaban J connectivity index is 2.04. The highest BCUT2D eigenvalue weighted by atomic mass is 32.1. The second kappa shape index (κ2) is 6.37. The Morgan fingerprint density at radius 2 is 1.81 bits per heavy atom. The topological polar surface area (TPSA) is 66.6 Å². The van der Waals surface area contributed by atoms with Crippen LogP contribution in [0.15, 0.2) is 35.1 Å². The van der Waals surface area contributed by atoms with Crippen molar-refractivity contribution in [2.75, 3.05) is 38.1 Å². The van der Waals surface area contributed by atoms with Crippen molar-refractivity contribution in [1.29, 1.82) is 0 Å². The molecule has 4 rings (SSSR count). The fourth-order valence-electron chi connectivity index (χ4n) is 3.51. The van der Waals surface area contributed by atoms with Gasteiger partial charge in [0.15, 0.2) is 5.43 Å². The molecule has 1 aliphatic rings. The number of amides is 1. The number of nitrogens with zero attached hydrogens (tertiary/aromatic N) is 2. The van der Waals surface area contributed by atoms with Crippen LogP contribution in [0.25, 0.3) is 20.2 Å². The van der Waals surface area contributed by atoms with Crippen LogP contribution in [0, 0.1) is 6.92 Å². The first-order valence-corrected chi connectivity index (χ1v) is 9.50. The molecule has 1 aromatic heterocycles. The number of carbonyl (C=O) groups is 1. The second-order valence-corrected chi connectivity index (χ2v) is 8.04. The zero-order valence-electron chi connectivity index (χ0n) is 14.9. The Labute approximate surface area is 155 Å². The van der Waals surface area contributed by atoms with Crippen LogP contribution in [0.4, 0.5) is 5.69 Å². The van der Waals surface area contributed by atoms with Crippen molar-refractivity contribution in [2.45, 2.75) is 6.92 Å². The molecule has 1 aliphatic heterocycles. The molecule has 2 aromatic carbocycles. The van der Waals surface area contributed by atoms with Gasteiger partial charge in [0, 0.05) is 46.5 Å². The van der Waals surface area contributed by atoms with E-state index in [-0.39, 0.29) is 5.43 Å². The zero-order valence-corrected chi connectivity index (χ0v) is 15.7. The Kier molecular flexibility index (Phi) is 4.17. The molecule has 0 aliphatic carbocycles. The molecule has 1 fully saturated rings. The number of primary amides is 1. The van der Waals surface area contributed by atoms with Gasteiger partial charge in [-0.3, -0.25) is 9.59 Å². The summed E-state index contributed by atoms with van der Waals surface area (Å²) < 4.78 is 1.75. The molecule has 26 heavy (non-hydrogen) atoms. The van der Waals surface area contributed by atoms with Crippen LogP contribution in [0.3, 0.4) is 0 Å². The van der Waals surface area contributed by atoms with Crippen LogP contribution in [0.1, 0.15) is 15.9 Å². The lowest BCUT2D eigenvalue weighted by Gasteiger charge is -2.34. The molecule has 0 spiro atoms. The van der Waals surface area contributed by atoms with Gasteiger partial charge in [-0.15, -0.1) is 11.3 Å². The van der Waals surface area contributed by atoms with Gasteiger partial charge in [0.2, 0.25) is 5.91 Å². The Morgan fingerprint density at radius 1 is 1.08 bits per heavy atom. The second-order valence-electron chi connectivity index (χ2n) is 6.95. The highest BCUT2D eigenvalue weighted by Gasteiger charge is 2.21. The number of likely N-dealkylation sites (N-methyl/N-ethyl adjacent to an activating group) is 1. The van der Waals surface area contributed by atoms with E-state index in [0.29, 0.717) is 10.9 Å². The fraction of sp³-hybridized carbons (Fsp3) is 0.300. The van der Waals surface area contributed by atoms with E-state index < -0.39 is 5.91 Å². The molecule has 0 bridgehead atoms. The number of aryl methyl sites for hydroxylation is 1. The molecule has 2 heterocycles. The first-order chi connectivity index (χ1) is 12.4. The summed E-state index contributed by atoms with van der Waals surface area (Å²) in [5.41, 5.74) is 7.93. The van der Waals surface area contributed by atoms with Crippen molar-refractivity contribution < 1.29 is 4.79 Å². The summed E-state index contributed by atoms with van der Waals surface area (Å²) in [6, 6.07) is 9.46. The van der Waals surface area contributed by atoms with E-state index in [1.54, 1.807) is 12.1 Å². The molecule has 1 amide bonds. The average molecular weight is 367 g/mol. The summed E-state index contributed by atoms with van der Waals surface area (Å²) >= 11 is 1.54. The lowest BCUT2D eigenvalue weighted by atomic mass is 10.1. The van der Waals surface area contributed by atoms with Crippen LogP contribution in [-0.2, 0) is 0 Å². The number of fused-ring (bicyclic) bond motifs is 2. The van der Waals surface area contributed by atoms with Crippen molar-refractivity contribution in [3.05, 3.63) is 51.7 Å². The average Bonchev–Trinajstić information content (AvgIpc) is 2.62. The molecule has 1 saturated heterocycles. The molecular weight excluding hydrogens is 346 g/mol. The summed E-state index contributed by atoms with van der Waals surface area (Å²) in [6.07, 6.45) is 0. The minimum absolute atomic E-state index is 0.0300. The molecule has 5 nitrogen and oxygen atoms in total.